The number of carbonyl (C=O) groups is 1. The van der Waals surface area contributed by atoms with E-state index in [0.717, 1.165) is 0 Å². The van der Waals surface area contributed by atoms with Crippen molar-refractivity contribution in [3.05, 3.63) is 0 Å². The Morgan fingerprint density at radius 3 is 2.08 bits per heavy atom. The average molecular weight is 227 g/mol. The summed E-state index contributed by atoms with van der Waals surface area (Å²) in [5, 5.41) is -0.956. The van der Waals surface area contributed by atoms with Gasteiger partial charge in [-0.3, -0.25) is 4.79 Å². The van der Waals surface area contributed by atoms with Crippen LogP contribution in [0.1, 0.15) is 33.6 Å². The fourth-order valence-electron chi connectivity index (χ4n) is 1.17. The van der Waals surface area contributed by atoms with Crippen LogP contribution in [0.25, 0.3) is 0 Å². The van der Waals surface area contributed by atoms with Crippen molar-refractivity contribution in [2.75, 3.05) is 6.61 Å². The van der Waals surface area contributed by atoms with E-state index < -0.39 is 18.3 Å². The van der Waals surface area contributed by atoms with Crippen molar-refractivity contribution in [1.82, 2.24) is 0 Å². The van der Waals surface area contributed by atoms with E-state index in [1.807, 2.05) is 0 Å². The predicted molar refractivity (Wildman–Crippen MR) is 54.8 cm³/mol. The molecule has 0 bridgehead atoms. The molecule has 0 spiro atoms. The van der Waals surface area contributed by atoms with Gasteiger partial charge in [0.2, 0.25) is 0 Å². The third kappa shape index (κ3) is 2.72. The SMILES string of the molecule is CCOC(=O)C(CC)(CC)[PH](=O)Cl. The van der Waals surface area contributed by atoms with E-state index in [1.165, 1.54) is 0 Å². The van der Waals surface area contributed by atoms with E-state index in [4.69, 9.17) is 16.0 Å². The molecule has 0 saturated heterocycles. The van der Waals surface area contributed by atoms with Gasteiger partial charge < -0.3 is 9.30 Å². The van der Waals surface area contributed by atoms with E-state index in [0.29, 0.717) is 19.4 Å². The molecule has 3 nitrogen and oxygen atoms in total. The van der Waals surface area contributed by atoms with E-state index in [1.54, 1.807) is 20.8 Å². The first-order valence-electron chi connectivity index (χ1n) is 4.42. The highest BCUT2D eigenvalue weighted by atomic mass is 35.7. The van der Waals surface area contributed by atoms with E-state index in [-0.39, 0.29) is 0 Å². The molecule has 0 aromatic heterocycles. The van der Waals surface area contributed by atoms with Crippen molar-refractivity contribution in [3.8, 4) is 0 Å². The number of halogens is 1. The molecule has 5 heteroatoms. The van der Waals surface area contributed by atoms with Crippen LogP contribution in [0.3, 0.4) is 0 Å². The topological polar surface area (TPSA) is 43.4 Å². The lowest BCUT2D eigenvalue weighted by atomic mass is 10.0. The standard InChI is InChI=1S/C8H16ClO3P/c1-4-8(5-2,13(9)11)7(10)12-6-3/h13H,4-6H2,1-3H3. The molecule has 0 radical (unpaired) electrons. The third-order valence-electron chi connectivity index (χ3n) is 2.25. The predicted octanol–water partition coefficient (Wildman–Crippen LogP) is 2.82. The van der Waals surface area contributed by atoms with Gasteiger partial charge in [-0.25, -0.2) is 0 Å². The quantitative estimate of drug-likeness (QED) is 0.535. The normalized spacial score (nSPS) is 13.8. The molecule has 0 rings (SSSR count). The Labute approximate surface area is 84.4 Å². The van der Waals surface area contributed by atoms with Crippen LogP contribution in [-0.2, 0) is 14.1 Å². The first-order chi connectivity index (χ1) is 6.05. The summed E-state index contributed by atoms with van der Waals surface area (Å²) < 4.78 is 16.1. The Kier molecular flexibility index (Phi) is 5.66. The van der Waals surface area contributed by atoms with Gasteiger partial charge in [0.25, 0.3) is 0 Å². The summed E-state index contributed by atoms with van der Waals surface area (Å²) in [6, 6.07) is 0. The Bertz CT molecular complexity index is 202. The minimum Gasteiger partial charge on any atom is -0.465 e. The van der Waals surface area contributed by atoms with Gasteiger partial charge in [0.15, 0.2) is 7.15 Å². The number of hydrogen-bond acceptors (Lipinski definition) is 3. The molecule has 0 fully saturated rings. The molecule has 0 aromatic carbocycles. The number of ether oxygens (including phenoxy) is 1. The summed E-state index contributed by atoms with van der Waals surface area (Å²) in [6.45, 7) is 5.61. The van der Waals surface area contributed by atoms with Crippen molar-refractivity contribution < 1.29 is 14.1 Å². The molecule has 1 unspecified atom stereocenters. The molecule has 0 aliphatic carbocycles. The highest BCUT2D eigenvalue weighted by molar-refractivity contribution is 7.75. The zero-order valence-electron chi connectivity index (χ0n) is 8.22. The molecule has 0 aliphatic heterocycles. The fraction of sp³-hybridized carbons (Fsp3) is 0.875. The monoisotopic (exact) mass is 226 g/mol. The summed E-state index contributed by atoms with van der Waals surface area (Å²) >= 11 is 5.58. The smallest absolute Gasteiger partial charge is 0.320 e. The maximum atomic E-state index is 11.5. The van der Waals surface area contributed by atoms with Crippen LogP contribution >= 0.6 is 18.4 Å². The second kappa shape index (κ2) is 5.66. The Balaban J connectivity index is 4.75. The largest absolute Gasteiger partial charge is 0.465 e. The third-order valence-corrected chi connectivity index (χ3v) is 5.00. The summed E-state index contributed by atoms with van der Waals surface area (Å²) in [4.78, 5) is 11.5. The van der Waals surface area contributed by atoms with Gasteiger partial charge in [-0.2, -0.15) is 0 Å². The zero-order valence-corrected chi connectivity index (χ0v) is 9.98. The average Bonchev–Trinajstić information content (AvgIpc) is 2.07. The fourth-order valence-corrected chi connectivity index (χ4v) is 2.99. The Hall–Kier alpha value is -0.0100. The Morgan fingerprint density at radius 2 is 1.85 bits per heavy atom. The molecule has 1 atom stereocenters. The molecule has 0 aliphatic rings. The molecule has 0 heterocycles. The van der Waals surface area contributed by atoms with Crippen LogP contribution in [0, 0.1) is 0 Å². The van der Waals surface area contributed by atoms with Crippen molar-refractivity contribution in [2.24, 2.45) is 0 Å². The summed E-state index contributed by atoms with van der Waals surface area (Å²) in [7, 11) is -2.41. The summed E-state index contributed by atoms with van der Waals surface area (Å²) in [5.74, 6) is -0.432. The number of esters is 1. The van der Waals surface area contributed by atoms with E-state index in [2.05, 4.69) is 0 Å². The van der Waals surface area contributed by atoms with Crippen LogP contribution in [0.2, 0.25) is 0 Å². The van der Waals surface area contributed by atoms with Crippen molar-refractivity contribution in [1.29, 1.82) is 0 Å². The maximum Gasteiger partial charge on any atom is 0.320 e. The molecule has 13 heavy (non-hydrogen) atoms. The molecule has 0 aromatic rings. The minimum atomic E-state index is -2.41. The van der Waals surface area contributed by atoms with Crippen molar-refractivity contribution >= 4 is 24.4 Å². The van der Waals surface area contributed by atoms with E-state index >= 15 is 0 Å². The van der Waals surface area contributed by atoms with Gasteiger partial charge in [0, 0.05) is 0 Å². The highest BCUT2D eigenvalue weighted by Gasteiger charge is 2.41. The van der Waals surface area contributed by atoms with Crippen LogP contribution < -0.4 is 0 Å². The Morgan fingerprint density at radius 1 is 1.38 bits per heavy atom. The van der Waals surface area contributed by atoms with Crippen molar-refractivity contribution in [3.63, 3.8) is 0 Å². The second-order valence-electron chi connectivity index (χ2n) is 2.78. The molecular weight excluding hydrogens is 211 g/mol. The second-order valence-corrected chi connectivity index (χ2v) is 5.32. The van der Waals surface area contributed by atoms with Gasteiger partial charge in [0.05, 0.1) is 6.61 Å². The minimum absolute atomic E-state index is 0.298. The van der Waals surface area contributed by atoms with Crippen molar-refractivity contribution in [2.45, 2.75) is 38.8 Å². The van der Waals surface area contributed by atoms with Crippen LogP contribution in [0.4, 0.5) is 0 Å². The highest BCUT2D eigenvalue weighted by Crippen LogP contribution is 2.48. The maximum absolute atomic E-state index is 11.5. The molecule has 0 N–H and O–H groups in total. The van der Waals surface area contributed by atoms with Gasteiger partial charge in [0.1, 0.15) is 5.16 Å². The molecule has 78 valence electrons. The van der Waals surface area contributed by atoms with E-state index in [9.17, 15) is 9.36 Å². The first kappa shape index (κ1) is 13.0. The lowest BCUT2D eigenvalue weighted by molar-refractivity contribution is -0.146. The number of carbonyl (C=O) groups excluding carboxylic acids is 1. The first-order valence-corrected chi connectivity index (χ1v) is 6.84. The van der Waals surface area contributed by atoms with Crippen LogP contribution in [-0.4, -0.2) is 17.7 Å². The van der Waals surface area contributed by atoms with Gasteiger partial charge in [-0.15, -0.1) is 0 Å². The summed E-state index contributed by atoms with van der Waals surface area (Å²) in [6.07, 6.45) is 0.924. The van der Waals surface area contributed by atoms with Gasteiger partial charge in [-0.05, 0) is 19.8 Å². The number of rotatable bonds is 5. The zero-order chi connectivity index (χ0) is 10.5. The van der Waals surface area contributed by atoms with Crippen LogP contribution in [0.5, 0.6) is 0 Å². The molecule has 0 saturated carbocycles. The number of hydrogen-bond donors (Lipinski definition) is 0. The lowest BCUT2D eigenvalue weighted by Crippen LogP contribution is -2.34. The summed E-state index contributed by atoms with van der Waals surface area (Å²) in [5.41, 5.74) is 0. The molecular formula is C8H16ClO3P. The van der Waals surface area contributed by atoms with Gasteiger partial charge >= 0.3 is 5.97 Å². The molecule has 0 amide bonds. The van der Waals surface area contributed by atoms with Gasteiger partial charge in [-0.1, -0.05) is 25.1 Å². The lowest BCUT2D eigenvalue weighted by Gasteiger charge is -2.25. The van der Waals surface area contributed by atoms with Crippen LogP contribution in [0.15, 0.2) is 0 Å².